The van der Waals surface area contributed by atoms with Gasteiger partial charge in [-0.1, -0.05) is 31.5 Å². The second-order valence-corrected chi connectivity index (χ2v) is 11.5. The third-order valence-electron chi connectivity index (χ3n) is 6.47. The van der Waals surface area contributed by atoms with E-state index in [0.29, 0.717) is 37.2 Å². The average Bonchev–Trinajstić information content (AvgIpc) is 2.77. The largest absolute Gasteiger partial charge is 0.344 e. The van der Waals surface area contributed by atoms with Crippen molar-refractivity contribution in [1.82, 2.24) is 14.5 Å². The minimum atomic E-state index is -3.56. The molecule has 178 valence electrons. The minimum absolute atomic E-state index is 0.0124. The quantitative estimate of drug-likeness (QED) is 0.674. The van der Waals surface area contributed by atoms with Crippen LogP contribution in [0, 0.1) is 18.8 Å². The van der Waals surface area contributed by atoms with Crippen molar-refractivity contribution in [1.29, 1.82) is 0 Å². The van der Waals surface area contributed by atoms with E-state index in [1.165, 1.54) is 4.31 Å². The third-order valence-corrected chi connectivity index (χ3v) is 8.39. The highest BCUT2D eigenvalue weighted by Gasteiger charge is 2.38. The predicted molar refractivity (Wildman–Crippen MR) is 124 cm³/mol. The molecule has 1 unspecified atom stereocenters. The highest BCUT2D eigenvalue weighted by atomic mass is 32.2. The Morgan fingerprint density at radius 3 is 2.16 bits per heavy atom. The summed E-state index contributed by atoms with van der Waals surface area (Å²) in [5.41, 5.74) is 1.01. The molecule has 1 atom stereocenters. The van der Waals surface area contributed by atoms with E-state index in [0.717, 1.165) is 37.9 Å². The number of hydrogen-bond donors (Lipinski definition) is 1. The number of rotatable bonds is 7. The second-order valence-electron chi connectivity index (χ2n) is 9.58. The van der Waals surface area contributed by atoms with Crippen LogP contribution in [0.4, 0.5) is 0 Å². The van der Waals surface area contributed by atoms with Gasteiger partial charge in [-0.2, -0.15) is 4.31 Å². The number of piperidine rings is 2. The van der Waals surface area contributed by atoms with Gasteiger partial charge in [-0.3, -0.25) is 9.59 Å². The first-order valence-electron chi connectivity index (χ1n) is 11.8. The molecule has 2 amide bonds. The highest BCUT2D eigenvalue weighted by molar-refractivity contribution is 7.89. The van der Waals surface area contributed by atoms with Crippen LogP contribution in [0.3, 0.4) is 0 Å². The van der Waals surface area contributed by atoms with Gasteiger partial charge in [-0.15, -0.1) is 0 Å². The minimum Gasteiger partial charge on any atom is -0.344 e. The molecule has 0 aromatic heterocycles. The predicted octanol–water partition coefficient (Wildman–Crippen LogP) is 2.94. The van der Waals surface area contributed by atoms with Crippen LogP contribution in [0.15, 0.2) is 29.2 Å². The Kier molecular flexibility index (Phi) is 8.33. The number of amides is 2. The summed E-state index contributed by atoms with van der Waals surface area (Å²) >= 11 is 0. The maximum absolute atomic E-state index is 13.3. The highest BCUT2D eigenvalue weighted by Crippen LogP contribution is 2.27. The van der Waals surface area contributed by atoms with E-state index in [-0.39, 0.29) is 23.7 Å². The lowest BCUT2D eigenvalue weighted by atomic mass is 9.88. The molecule has 32 heavy (non-hydrogen) atoms. The third kappa shape index (κ3) is 6.10. The summed E-state index contributed by atoms with van der Waals surface area (Å²) < 4.78 is 27.6. The van der Waals surface area contributed by atoms with Crippen molar-refractivity contribution in [3.05, 3.63) is 29.8 Å². The Morgan fingerprint density at radius 1 is 1.00 bits per heavy atom. The molecule has 8 heteroatoms. The van der Waals surface area contributed by atoms with Gasteiger partial charge in [0.25, 0.3) is 0 Å². The summed E-state index contributed by atoms with van der Waals surface area (Å²) in [4.78, 5) is 28.0. The van der Waals surface area contributed by atoms with Crippen molar-refractivity contribution in [2.45, 2.75) is 70.2 Å². The number of nitrogens with zero attached hydrogens (tertiary/aromatic N) is 2. The standard InChI is InChI=1S/C24H37N3O4S/c1-18(2)17-22(28)25-23(24(29)26-13-5-4-6-14-26)20-11-15-27(16-12-20)32(30,31)21-9-7-19(3)8-10-21/h7-10,18,20,23H,4-6,11-17H2,1-3H3,(H,25,28). The van der Waals surface area contributed by atoms with E-state index in [9.17, 15) is 18.0 Å². The maximum Gasteiger partial charge on any atom is 0.245 e. The zero-order valence-electron chi connectivity index (χ0n) is 19.5. The molecule has 2 saturated heterocycles. The van der Waals surface area contributed by atoms with Gasteiger partial charge in [-0.05, 0) is 63.0 Å². The summed E-state index contributed by atoms with van der Waals surface area (Å²) in [6.07, 6.45) is 4.60. The lowest BCUT2D eigenvalue weighted by Gasteiger charge is -2.38. The normalized spacial score (nSPS) is 19.7. The van der Waals surface area contributed by atoms with Gasteiger partial charge in [0.2, 0.25) is 21.8 Å². The number of nitrogens with one attached hydrogen (secondary N) is 1. The summed E-state index contributed by atoms with van der Waals surface area (Å²) in [7, 11) is -3.56. The molecule has 3 rings (SSSR count). The van der Waals surface area contributed by atoms with Gasteiger partial charge in [0.05, 0.1) is 4.90 Å². The van der Waals surface area contributed by atoms with Crippen LogP contribution in [-0.2, 0) is 19.6 Å². The van der Waals surface area contributed by atoms with Gasteiger partial charge < -0.3 is 10.2 Å². The first-order valence-corrected chi connectivity index (χ1v) is 13.3. The van der Waals surface area contributed by atoms with E-state index < -0.39 is 16.1 Å². The maximum atomic E-state index is 13.3. The van der Waals surface area contributed by atoms with E-state index in [1.54, 1.807) is 24.3 Å². The van der Waals surface area contributed by atoms with Crippen molar-refractivity contribution in [3.8, 4) is 0 Å². The Labute approximate surface area is 192 Å². The van der Waals surface area contributed by atoms with E-state index >= 15 is 0 Å². The van der Waals surface area contributed by atoms with E-state index in [2.05, 4.69) is 5.32 Å². The van der Waals surface area contributed by atoms with Crippen molar-refractivity contribution >= 4 is 21.8 Å². The van der Waals surface area contributed by atoms with Crippen LogP contribution >= 0.6 is 0 Å². The molecule has 2 fully saturated rings. The van der Waals surface area contributed by atoms with Crippen LogP contribution in [-0.4, -0.2) is 61.7 Å². The van der Waals surface area contributed by atoms with Crippen LogP contribution in [0.25, 0.3) is 0 Å². The van der Waals surface area contributed by atoms with E-state index in [1.807, 2.05) is 25.7 Å². The number of hydrogen-bond acceptors (Lipinski definition) is 4. The molecule has 0 radical (unpaired) electrons. The number of carbonyl (C=O) groups is 2. The fourth-order valence-corrected chi connectivity index (χ4v) is 6.07. The molecule has 2 heterocycles. The van der Waals surface area contributed by atoms with Crippen LogP contribution < -0.4 is 5.32 Å². The van der Waals surface area contributed by atoms with Gasteiger partial charge in [-0.25, -0.2) is 8.42 Å². The van der Waals surface area contributed by atoms with Gasteiger partial charge in [0.15, 0.2) is 0 Å². The molecule has 0 spiro atoms. The molecule has 1 N–H and O–H groups in total. The lowest BCUT2D eigenvalue weighted by molar-refractivity contribution is -0.139. The fraction of sp³-hybridized carbons (Fsp3) is 0.667. The lowest BCUT2D eigenvalue weighted by Crippen LogP contribution is -2.55. The summed E-state index contributed by atoms with van der Waals surface area (Å²) in [6.45, 7) is 8.06. The topological polar surface area (TPSA) is 86.8 Å². The molecule has 0 bridgehead atoms. The first kappa shape index (κ1) is 24.7. The van der Waals surface area contributed by atoms with Crippen molar-refractivity contribution in [2.75, 3.05) is 26.2 Å². The smallest absolute Gasteiger partial charge is 0.245 e. The van der Waals surface area contributed by atoms with Gasteiger partial charge >= 0.3 is 0 Å². The molecule has 7 nitrogen and oxygen atoms in total. The molecule has 0 aliphatic carbocycles. The van der Waals surface area contributed by atoms with Crippen molar-refractivity contribution in [3.63, 3.8) is 0 Å². The zero-order chi connectivity index (χ0) is 23.3. The summed E-state index contributed by atoms with van der Waals surface area (Å²) in [5.74, 6) is 0.0268. The summed E-state index contributed by atoms with van der Waals surface area (Å²) in [6, 6.07) is 6.31. The number of sulfonamides is 1. The Bertz CT molecular complexity index is 884. The number of likely N-dealkylation sites (tertiary alicyclic amines) is 1. The second kappa shape index (κ2) is 10.8. The van der Waals surface area contributed by atoms with E-state index in [4.69, 9.17) is 0 Å². The summed E-state index contributed by atoms with van der Waals surface area (Å²) in [5, 5.41) is 3.01. The molecule has 1 aromatic carbocycles. The Hall–Kier alpha value is -1.93. The molecular weight excluding hydrogens is 426 g/mol. The monoisotopic (exact) mass is 463 g/mol. The molecule has 0 saturated carbocycles. The van der Waals surface area contributed by atoms with Crippen LogP contribution in [0.5, 0.6) is 0 Å². The van der Waals surface area contributed by atoms with Gasteiger partial charge in [0, 0.05) is 32.6 Å². The van der Waals surface area contributed by atoms with Crippen LogP contribution in [0.2, 0.25) is 0 Å². The first-order chi connectivity index (χ1) is 15.2. The number of benzene rings is 1. The Balaban J connectivity index is 1.70. The molecular formula is C24H37N3O4S. The Morgan fingerprint density at radius 2 is 1.59 bits per heavy atom. The number of carbonyl (C=O) groups excluding carboxylic acids is 2. The van der Waals surface area contributed by atoms with Crippen LogP contribution in [0.1, 0.15) is 57.9 Å². The SMILES string of the molecule is Cc1ccc(S(=O)(=O)N2CCC(C(NC(=O)CC(C)C)C(=O)N3CCCCC3)CC2)cc1. The zero-order valence-corrected chi connectivity index (χ0v) is 20.4. The molecule has 2 aliphatic rings. The number of aryl methyl sites for hydroxylation is 1. The van der Waals surface area contributed by atoms with Gasteiger partial charge in [0.1, 0.15) is 6.04 Å². The molecule has 2 aliphatic heterocycles. The van der Waals surface area contributed by atoms with Crippen molar-refractivity contribution < 1.29 is 18.0 Å². The fourth-order valence-electron chi connectivity index (χ4n) is 4.60. The molecule has 1 aromatic rings. The van der Waals surface area contributed by atoms with Crippen molar-refractivity contribution in [2.24, 2.45) is 11.8 Å². The average molecular weight is 464 g/mol.